The van der Waals surface area contributed by atoms with Crippen molar-refractivity contribution < 1.29 is 15.4 Å². The molecule has 0 bridgehead atoms. The number of furan rings is 1. The van der Waals surface area contributed by atoms with Crippen molar-refractivity contribution in [1.29, 1.82) is 0 Å². The van der Waals surface area contributed by atoms with Gasteiger partial charge in [0, 0.05) is 16.5 Å². The molecule has 0 saturated heterocycles. The Bertz CT molecular complexity index is 3610. The number of rotatable bonds is 4. The van der Waals surface area contributed by atoms with Gasteiger partial charge in [-0.05, 0) is 93.8 Å². The lowest BCUT2D eigenvalue weighted by Gasteiger charge is -2.19. The highest BCUT2D eigenvalue weighted by molar-refractivity contribution is 6.25. The summed E-state index contributed by atoms with van der Waals surface area (Å²) in [5, 5.41) is 7.10. The average Bonchev–Trinajstić information content (AvgIpc) is 3.69. The molecule has 53 heavy (non-hydrogen) atoms. The van der Waals surface area contributed by atoms with E-state index in [1.165, 1.54) is 0 Å². The summed E-state index contributed by atoms with van der Waals surface area (Å²) in [5.74, 6) is 0.706. The lowest BCUT2D eigenvalue weighted by Crippen LogP contribution is -1.92. The first-order chi connectivity index (χ1) is 29.6. The Kier molecular flexibility index (Phi) is 5.07. The molecular weight excluding hydrogens is 641 g/mol. The van der Waals surface area contributed by atoms with Crippen LogP contribution in [0.25, 0.3) is 110 Å². The van der Waals surface area contributed by atoms with E-state index in [9.17, 15) is 5.48 Å². The molecule has 11 rings (SSSR count). The summed E-state index contributed by atoms with van der Waals surface area (Å²) < 4.78 is 80.4. The van der Waals surface area contributed by atoms with Crippen LogP contribution in [0.15, 0.2) is 198 Å². The SMILES string of the molecule is [2H]c1c([2H])c([2H])c2c(-c3cccc4c3ccc3ccccc34)c3c([2H])c([2H])c([2H])c([2H])c3c(-c3ccc4c(-c5oc6ccccc6c5-c5ccccc5)cccc4c3)c2c1[2H]. The molecule has 0 amide bonds. The summed E-state index contributed by atoms with van der Waals surface area (Å²) in [7, 11) is 0. The van der Waals surface area contributed by atoms with E-state index in [1.807, 2.05) is 127 Å². The van der Waals surface area contributed by atoms with Crippen molar-refractivity contribution >= 4 is 64.8 Å². The number of hydrogen-bond donors (Lipinski definition) is 0. The van der Waals surface area contributed by atoms with E-state index in [4.69, 9.17) is 9.90 Å². The molecule has 1 heteroatoms. The van der Waals surface area contributed by atoms with Crippen molar-refractivity contribution in [3.8, 4) is 44.7 Å². The Hall–Kier alpha value is -6.96. The molecule has 0 saturated carbocycles. The third-order valence-electron chi connectivity index (χ3n) is 10.5. The molecule has 1 heterocycles. The summed E-state index contributed by atoms with van der Waals surface area (Å²) in [5.41, 5.74) is 5.36. The van der Waals surface area contributed by atoms with E-state index in [0.717, 1.165) is 60.0 Å². The molecule has 246 valence electrons. The monoisotopic (exact) mass is 680 g/mol. The van der Waals surface area contributed by atoms with Crippen LogP contribution in [0.5, 0.6) is 0 Å². The zero-order valence-corrected chi connectivity index (χ0v) is 28.3. The molecule has 0 N–H and O–H groups in total. The maximum absolute atomic E-state index is 9.51. The van der Waals surface area contributed by atoms with Crippen LogP contribution in [0.3, 0.4) is 0 Å². The first kappa shape index (κ1) is 22.8. The van der Waals surface area contributed by atoms with Gasteiger partial charge in [0.25, 0.3) is 0 Å². The predicted octanol–water partition coefficient (Wildman–Crippen LogP) is 14.9. The lowest BCUT2D eigenvalue weighted by molar-refractivity contribution is 0.633. The summed E-state index contributed by atoms with van der Waals surface area (Å²) in [4.78, 5) is 0. The Morgan fingerprint density at radius 3 is 1.74 bits per heavy atom. The van der Waals surface area contributed by atoms with Crippen LogP contribution in [0.2, 0.25) is 0 Å². The van der Waals surface area contributed by atoms with Gasteiger partial charge in [-0.3, -0.25) is 0 Å². The quantitative estimate of drug-likeness (QED) is 0.133. The van der Waals surface area contributed by atoms with Gasteiger partial charge in [-0.1, -0.05) is 182 Å². The smallest absolute Gasteiger partial charge is 0.143 e. The summed E-state index contributed by atoms with van der Waals surface area (Å²) in [6.07, 6.45) is 0. The second kappa shape index (κ2) is 11.8. The fourth-order valence-electron chi connectivity index (χ4n) is 8.21. The Morgan fingerprint density at radius 1 is 0.340 bits per heavy atom. The molecule has 0 aliphatic heterocycles. The molecule has 0 aliphatic rings. The van der Waals surface area contributed by atoms with Crippen molar-refractivity contribution in [2.75, 3.05) is 0 Å². The van der Waals surface area contributed by atoms with Gasteiger partial charge in [0.2, 0.25) is 0 Å². The number of fused-ring (bicyclic) bond motifs is 7. The lowest BCUT2D eigenvalue weighted by atomic mass is 9.84. The fourth-order valence-corrected chi connectivity index (χ4v) is 8.21. The first-order valence-electron chi connectivity index (χ1n) is 21.6. The van der Waals surface area contributed by atoms with E-state index in [1.54, 1.807) is 0 Å². The van der Waals surface area contributed by atoms with Crippen molar-refractivity contribution in [3.05, 3.63) is 194 Å². The van der Waals surface area contributed by atoms with Crippen molar-refractivity contribution in [1.82, 2.24) is 0 Å². The van der Waals surface area contributed by atoms with E-state index in [0.29, 0.717) is 28.0 Å². The second-order valence-corrected chi connectivity index (χ2v) is 13.3. The Labute approximate surface area is 318 Å². The number of hydrogen-bond acceptors (Lipinski definition) is 1. The molecule has 1 aromatic heterocycles. The molecular formula is C52H32O. The first-order valence-corrected chi connectivity index (χ1v) is 17.6. The van der Waals surface area contributed by atoms with Gasteiger partial charge in [0.05, 0.1) is 11.0 Å². The van der Waals surface area contributed by atoms with Crippen LogP contribution in [-0.4, -0.2) is 0 Å². The Morgan fingerprint density at radius 2 is 0.943 bits per heavy atom. The molecule has 0 fully saturated rings. The summed E-state index contributed by atoms with van der Waals surface area (Å²) in [6.45, 7) is 0. The standard InChI is InChI=1S/C52H32O/c1-2-15-34(16-3-1)50-47-23-10-11-27-48(47)53-52(50)46-26-12-17-35-32-36(29-30-38(35)46)49-42-19-6-8-21-44(42)51(45-22-9-7-20-43(45)49)41-25-13-24-39-37-18-5-4-14-33(37)28-31-40(39)41/h1-32H/i6D,7D,8D,9D,19D,20D,21D,22D. The average molecular weight is 681 g/mol. The van der Waals surface area contributed by atoms with Gasteiger partial charge < -0.3 is 4.42 Å². The van der Waals surface area contributed by atoms with Gasteiger partial charge in [-0.25, -0.2) is 0 Å². The molecule has 10 aromatic carbocycles. The predicted molar refractivity (Wildman–Crippen MR) is 225 cm³/mol. The van der Waals surface area contributed by atoms with Crippen LogP contribution in [0, 0.1) is 0 Å². The van der Waals surface area contributed by atoms with Crippen LogP contribution in [0.1, 0.15) is 11.0 Å². The highest BCUT2D eigenvalue weighted by atomic mass is 16.3. The van der Waals surface area contributed by atoms with Crippen molar-refractivity contribution in [2.24, 2.45) is 0 Å². The number of para-hydroxylation sites is 1. The van der Waals surface area contributed by atoms with Gasteiger partial charge in [0.15, 0.2) is 0 Å². The highest BCUT2D eigenvalue weighted by Gasteiger charge is 2.21. The van der Waals surface area contributed by atoms with Crippen molar-refractivity contribution in [2.45, 2.75) is 0 Å². The maximum atomic E-state index is 9.51. The van der Waals surface area contributed by atoms with E-state index < -0.39 is 24.2 Å². The van der Waals surface area contributed by atoms with E-state index in [-0.39, 0.29) is 45.7 Å². The van der Waals surface area contributed by atoms with Gasteiger partial charge >= 0.3 is 0 Å². The highest BCUT2D eigenvalue weighted by Crippen LogP contribution is 2.47. The fraction of sp³-hybridized carbons (Fsp3) is 0. The Balaban J connectivity index is 1.27. The zero-order valence-electron chi connectivity index (χ0n) is 36.3. The molecule has 1 nitrogen and oxygen atoms in total. The molecule has 0 aliphatic carbocycles. The van der Waals surface area contributed by atoms with Crippen LogP contribution in [-0.2, 0) is 0 Å². The summed E-state index contributed by atoms with van der Waals surface area (Å²) in [6, 6.07) is 44.6. The van der Waals surface area contributed by atoms with Crippen LogP contribution in [0.4, 0.5) is 0 Å². The minimum atomic E-state index is -0.435. The number of benzene rings is 10. The molecule has 0 atom stereocenters. The van der Waals surface area contributed by atoms with Gasteiger partial charge in [-0.15, -0.1) is 0 Å². The zero-order chi connectivity index (χ0) is 41.8. The van der Waals surface area contributed by atoms with Crippen LogP contribution < -0.4 is 0 Å². The molecule has 11 aromatic rings. The topological polar surface area (TPSA) is 13.1 Å². The largest absolute Gasteiger partial charge is 0.455 e. The van der Waals surface area contributed by atoms with Crippen LogP contribution >= 0.6 is 0 Å². The summed E-state index contributed by atoms with van der Waals surface area (Å²) >= 11 is 0. The maximum Gasteiger partial charge on any atom is 0.143 e. The third-order valence-corrected chi connectivity index (χ3v) is 10.5. The minimum absolute atomic E-state index is 0.176. The second-order valence-electron chi connectivity index (χ2n) is 13.3. The molecule has 0 spiro atoms. The van der Waals surface area contributed by atoms with Crippen molar-refractivity contribution in [3.63, 3.8) is 0 Å². The molecule has 0 radical (unpaired) electrons. The minimum Gasteiger partial charge on any atom is -0.455 e. The normalized spacial score (nSPS) is 13.9. The third kappa shape index (κ3) is 4.58. The van der Waals surface area contributed by atoms with E-state index >= 15 is 0 Å². The van der Waals surface area contributed by atoms with E-state index in [2.05, 4.69) is 18.2 Å². The molecule has 0 unspecified atom stereocenters. The van der Waals surface area contributed by atoms with Gasteiger partial charge in [-0.2, -0.15) is 0 Å². The van der Waals surface area contributed by atoms with Gasteiger partial charge in [0.1, 0.15) is 11.3 Å².